The number of halogens is 1. The smallest absolute Gasteiger partial charge is 0.0406 e. The molecule has 0 spiro atoms. The van der Waals surface area contributed by atoms with E-state index in [1.165, 1.54) is 18.4 Å². The summed E-state index contributed by atoms with van der Waals surface area (Å²) in [7, 11) is 0. The van der Waals surface area contributed by atoms with Crippen LogP contribution in [0.25, 0.3) is 0 Å². The molecule has 2 heteroatoms. The van der Waals surface area contributed by atoms with E-state index in [-0.39, 0.29) is 0 Å². The maximum Gasteiger partial charge on any atom is 0.0406 e. The molecule has 1 aromatic carbocycles. The summed E-state index contributed by atoms with van der Waals surface area (Å²) >= 11 is 5.84. The predicted octanol–water partition coefficient (Wildman–Crippen LogP) is 3.32. The Hall–Kier alpha value is -0.790. The van der Waals surface area contributed by atoms with E-state index >= 15 is 0 Å². The van der Waals surface area contributed by atoms with Crippen molar-refractivity contribution in [3.8, 4) is 0 Å². The lowest BCUT2D eigenvalue weighted by molar-refractivity contribution is 0.613. The highest BCUT2D eigenvalue weighted by Crippen LogP contribution is 2.27. The molecule has 0 unspecified atom stereocenters. The van der Waals surface area contributed by atoms with Gasteiger partial charge in [0, 0.05) is 17.1 Å². The first-order valence-electron chi connectivity index (χ1n) is 4.93. The van der Waals surface area contributed by atoms with Crippen LogP contribution in [0.4, 0.5) is 0 Å². The summed E-state index contributed by atoms with van der Waals surface area (Å²) in [6.07, 6.45) is 4.34. The van der Waals surface area contributed by atoms with E-state index in [9.17, 15) is 0 Å². The Bertz CT molecular complexity index is 318. The predicted molar refractivity (Wildman–Crippen MR) is 60.5 cm³/mol. The molecular formula is C12H14ClN. The van der Waals surface area contributed by atoms with Gasteiger partial charge in [0.1, 0.15) is 0 Å². The molecule has 2 atom stereocenters. The maximum atomic E-state index is 5.84. The number of benzene rings is 1. The molecule has 0 aliphatic carbocycles. The molecule has 0 amide bonds. The van der Waals surface area contributed by atoms with Crippen molar-refractivity contribution in [2.24, 2.45) is 0 Å². The Morgan fingerprint density at radius 2 is 2.00 bits per heavy atom. The normalized spacial score (nSPS) is 26.4. The standard InChI is InChI=1S/C12H14ClN/c1-2-11-7-8-12(14-11)9-3-5-10(13)6-4-9/h2-6,11-12,14H,1,7-8H2/t11-,12-/m1/s1. The van der Waals surface area contributed by atoms with E-state index in [2.05, 4.69) is 24.0 Å². The van der Waals surface area contributed by atoms with Crippen LogP contribution in [0.3, 0.4) is 0 Å². The molecule has 1 aliphatic rings. The van der Waals surface area contributed by atoms with Crippen LogP contribution >= 0.6 is 11.6 Å². The lowest BCUT2D eigenvalue weighted by atomic mass is 10.1. The second kappa shape index (κ2) is 4.16. The average Bonchev–Trinajstić information content (AvgIpc) is 2.67. The SMILES string of the molecule is C=C[C@@H]1CC[C@H](c2ccc(Cl)cc2)N1. The highest BCUT2D eigenvalue weighted by molar-refractivity contribution is 6.30. The molecule has 2 rings (SSSR count). The summed E-state index contributed by atoms with van der Waals surface area (Å²) in [4.78, 5) is 0. The van der Waals surface area contributed by atoms with Gasteiger partial charge in [0.2, 0.25) is 0 Å². The number of hydrogen-bond donors (Lipinski definition) is 1. The molecule has 1 nitrogen and oxygen atoms in total. The van der Waals surface area contributed by atoms with Gasteiger partial charge in [-0.1, -0.05) is 29.8 Å². The lowest BCUT2D eigenvalue weighted by Gasteiger charge is -2.12. The fourth-order valence-corrected chi connectivity index (χ4v) is 2.04. The van der Waals surface area contributed by atoms with Crippen LogP contribution in [0.2, 0.25) is 5.02 Å². The summed E-state index contributed by atoms with van der Waals surface area (Å²) in [5, 5.41) is 4.31. The van der Waals surface area contributed by atoms with E-state index < -0.39 is 0 Å². The third kappa shape index (κ3) is 1.99. The molecule has 1 saturated heterocycles. The van der Waals surface area contributed by atoms with Crippen LogP contribution in [0.5, 0.6) is 0 Å². The Morgan fingerprint density at radius 1 is 1.29 bits per heavy atom. The second-order valence-corrected chi connectivity index (χ2v) is 4.13. The first-order valence-corrected chi connectivity index (χ1v) is 5.31. The first kappa shape index (κ1) is 9.75. The lowest BCUT2D eigenvalue weighted by Crippen LogP contribution is -2.21. The highest BCUT2D eigenvalue weighted by atomic mass is 35.5. The van der Waals surface area contributed by atoms with Crippen LogP contribution in [0.1, 0.15) is 24.4 Å². The third-order valence-electron chi connectivity index (χ3n) is 2.74. The van der Waals surface area contributed by atoms with Crippen LogP contribution in [0, 0.1) is 0 Å². The number of rotatable bonds is 2. The van der Waals surface area contributed by atoms with Gasteiger partial charge >= 0.3 is 0 Å². The zero-order valence-electron chi connectivity index (χ0n) is 8.04. The quantitative estimate of drug-likeness (QED) is 0.734. The Morgan fingerprint density at radius 3 is 2.57 bits per heavy atom. The fraction of sp³-hybridized carbons (Fsp3) is 0.333. The summed E-state index contributed by atoms with van der Waals surface area (Å²) < 4.78 is 0. The van der Waals surface area contributed by atoms with Crippen molar-refractivity contribution >= 4 is 11.6 Å². The molecule has 0 radical (unpaired) electrons. The van der Waals surface area contributed by atoms with Gasteiger partial charge in [-0.05, 0) is 30.5 Å². The zero-order chi connectivity index (χ0) is 9.97. The largest absolute Gasteiger partial charge is 0.304 e. The Kier molecular flexibility index (Phi) is 2.90. The number of nitrogens with one attached hydrogen (secondary N) is 1. The zero-order valence-corrected chi connectivity index (χ0v) is 8.80. The van der Waals surface area contributed by atoms with E-state index in [1.807, 2.05) is 18.2 Å². The average molecular weight is 208 g/mol. The summed E-state index contributed by atoms with van der Waals surface area (Å²) in [6.45, 7) is 3.80. The van der Waals surface area contributed by atoms with E-state index in [0.717, 1.165) is 5.02 Å². The van der Waals surface area contributed by atoms with Crippen LogP contribution < -0.4 is 5.32 Å². The van der Waals surface area contributed by atoms with Crippen molar-refractivity contribution in [3.63, 3.8) is 0 Å². The molecule has 1 aromatic rings. The molecule has 0 saturated carbocycles. The molecule has 1 N–H and O–H groups in total. The van der Waals surface area contributed by atoms with Crippen molar-refractivity contribution in [1.82, 2.24) is 5.32 Å². The van der Waals surface area contributed by atoms with Gasteiger partial charge in [0.25, 0.3) is 0 Å². The molecule has 14 heavy (non-hydrogen) atoms. The Labute approximate surface area is 89.8 Å². The first-order chi connectivity index (χ1) is 6.79. The van der Waals surface area contributed by atoms with E-state index in [1.54, 1.807) is 0 Å². The van der Waals surface area contributed by atoms with Crippen molar-refractivity contribution in [3.05, 3.63) is 47.5 Å². The molecule has 1 aliphatic heterocycles. The molecule has 0 aromatic heterocycles. The fourth-order valence-electron chi connectivity index (χ4n) is 1.92. The monoisotopic (exact) mass is 207 g/mol. The molecule has 0 bridgehead atoms. The molecule has 1 heterocycles. The minimum absolute atomic E-state index is 0.468. The van der Waals surface area contributed by atoms with Gasteiger partial charge in [-0.15, -0.1) is 6.58 Å². The van der Waals surface area contributed by atoms with Crippen molar-refractivity contribution < 1.29 is 0 Å². The summed E-state index contributed by atoms with van der Waals surface area (Å²) in [6, 6.07) is 9.00. The van der Waals surface area contributed by atoms with Crippen molar-refractivity contribution in [1.29, 1.82) is 0 Å². The van der Waals surface area contributed by atoms with Gasteiger partial charge in [-0.25, -0.2) is 0 Å². The van der Waals surface area contributed by atoms with Crippen molar-refractivity contribution in [2.75, 3.05) is 0 Å². The van der Waals surface area contributed by atoms with Gasteiger partial charge in [-0.2, -0.15) is 0 Å². The van der Waals surface area contributed by atoms with E-state index in [0.29, 0.717) is 12.1 Å². The van der Waals surface area contributed by atoms with Crippen LogP contribution in [-0.4, -0.2) is 6.04 Å². The molecule has 74 valence electrons. The Balaban J connectivity index is 2.09. The van der Waals surface area contributed by atoms with Gasteiger partial charge in [0.15, 0.2) is 0 Å². The third-order valence-corrected chi connectivity index (χ3v) is 2.99. The van der Waals surface area contributed by atoms with Gasteiger partial charge in [-0.3, -0.25) is 0 Å². The van der Waals surface area contributed by atoms with Crippen molar-refractivity contribution in [2.45, 2.75) is 24.9 Å². The van der Waals surface area contributed by atoms with Gasteiger partial charge < -0.3 is 5.32 Å². The van der Waals surface area contributed by atoms with Gasteiger partial charge in [0.05, 0.1) is 0 Å². The summed E-state index contributed by atoms with van der Waals surface area (Å²) in [5.41, 5.74) is 1.32. The van der Waals surface area contributed by atoms with Crippen LogP contribution in [0.15, 0.2) is 36.9 Å². The minimum atomic E-state index is 0.468. The maximum absolute atomic E-state index is 5.84. The minimum Gasteiger partial charge on any atom is -0.304 e. The molecular weight excluding hydrogens is 194 g/mol. The highest BCUT2D eigenvalue weighted by Gasteiger charge is 2.22. The topological polar surface area (TPSA) is 12.0 Å². The summed E-state index contributed by atoms with van der Waals surface area (Å²) in [5.74, 6) is 0. The van der Waals surface area contributed by atoms with E-state index in [4.69, 9.17) is 11.6 Å². The van der Waals surface area contributed by atoms with Crippen LogP contribution in [-0.2, 0) is 0 Å². The second-order valence-electron chi connectivity index (χ2n) is 3.69. The molecule has 1 fully saturated rings. The number of hydrogen-bond acceptors (Lipinski definition) is 1.